The Balaban J connectivity index is 1.81. The standard InChI is InChI=1S/C28H32N4O5/c1-5-37-27(35)22-7-6-12-30(17-22)25(33)24-26(34)31(16-21-10-8-18(2)9-11-21)28(36)32(29-24)23-14-19(3)13-20(4)15-23/h8-11,13-15,22H,5-7,12,16-17H2,1-4H3/t22-/m1/s1. The molecule has 1 aromatic heterocycles. The Morgan fingerprint density at radius 2 is 1.68 bits per heavy atom. The molecule has 194 valence electrons. The number of hydrogen-bond donors (Lipinski definition) is 0. The maximum atomic E-state index is 13.6. The molecule has 0 unspecified atom stereocenters. The van der Waals surface area contributed by atoms with Crippen molar-refractivity contribution in [1.29, 1.82) is 0 Å². The largest absolute Gasteiger partial charge is 0.466 e. The average molecular weight is 505 g/mol. The zero-order valence-electron chi connectivity index (χ0n) is 21.7. The van der Waals surface area contributed by atoms with Gasteiger partial charge >= 0.3 is 11.7 Å². The molecule has 4 rings (SSSR count). The third-order valence-electron chi connectivity index (χ3n) is 6.50. The Morgan fingerprint density at radius 1 is 1.00 bits per heavy atom. The Bertz CT molecular complexity index is 1420. The van der Waals surface area contributed by atoms with E-state index in [1.807, 2.05) is 51.1 Å². The van der Waals surface area contributed by atoms with Gasteiger partial charge in [0.15, 0.2) is 0 Å². The van der Waals surface area contributed by atoms with Crippen LogP contribution in [0.25, 0.3) is 5.69 Å². The molecule has 1 atom stereocenters. The SMILES string of the molecule is CCOC(=O)[C@@H]1CCCN(C(=O)c2nn(-c3cc(C)cc(C)c3)c(=O)n(Cc3ccc(C)cc3)c2=O)C1. The third-order valence-corrected chi connectivity index (χ3v) is 6.50. The molecule has 0 saturated carbocycles. The molecule has 1 aliphatic heterocycles. The monoisotopic (exact) mass is 504 g/mol. The number of esters is 1. The first-order chi connectivity index (χ1) is 17.7. The number of nitrogens with zero attached hydrogens (tertiary/aromatic N) is 4. The molecule has 0 bridgehead atoms. The summed E-state index contributed by atoms with van der Waals surface area (Å²) >= 11 is 0. The van der Waals surface area contributed by atoms with Crippen LogP contribution in [0.2, 0.25) is 0 Å². The molecule has 1 amide bonds. The fourth-order valence-electron chi connectivity index (χ4n) is 4.67. The number of rotatable bonds is 6. The van der Waals surface area contributed by atoms with E-state index in [9.17, 15) is 19.2 Å². The Hall–Kier alpha value is -4.01. The molecule has 9 heteroatoms. The molecule has 1 saturated heterocycles. The lowest BCUT2D eigenvalue weighted by molar-refractivity contribution is -0.149. The first kappa shape index (κ1) is 26.1. The minimum Gasteiger partial charge on any atom is -0.466 e. The minimum atomic E-state index is -0.755. The van der Waals surface area contributed by atoms with Gasteiger partial charge in [0, 0.05) is 13.1 Å². The van der Waals surface area contributed by atoms with Crippen molar-refractivity contribution >= 4 is 11.9 Å². The molecular formula is C28H32N4O5. The molecule has 0 spiro atoms. The van der Waals surface area contributed by atoms with Crippen molar-refractivity contribution in [1.82, 2.24) is 19.2 Å². The van der Waals surface area contributed by atoms with Crippen LogP contribution in [0.3, 0.4) is 0 Å². The van der Waals surface area contributed by atoms with E-state index < -0.39 is 23.1 Å². The highest BCUT2D eigenvalue weighted by Gasteiger charge is 2.32. The minimum absolute atomic E-state index is 0.00298. The van der Waals surface area contributed by atoms with Crippen molar-refractivity contribution in [2.75, 3.05) is 19.7 Å². The normalized spacial score (nSPS) is 15.5. The van der Waals surface area contributed by atoms with E-state index in [0.29, 0.717) is 25.1 Å². The molecule has 0 aliphatic carbocycles. The van der Waals surface area contributed by atoms with Crippen LogP contribution in [0.5, 0.6) is 0 Å². The van der Waals surface area contributed by atoms with E-state index in [4.69, 9.17) is 4.74 Å². The van der Waals surface area contributed by atoms with E-state index in [1.165, 1.54) is 4.90 Å². The quantitative estimate of drug-likeness (QED) is 0.478. The van der Waals surface area contributed by atoms with E-state index in [0.717, 1.165) is 31.5 Å². The number of benzene rings is 2. The number of carbonyl (C=O) groups is 2. The Kier molecular flexibility index (Phi) is 7.71. The van der Waals surface area contributed by atoms with E-state index in [1.54, 1.807) is 19.1 Å². The van der Waals surface area contributed by atoms with Gasteiger partial charge in [-0.1, -0.05) is 35.9 Å². The van der Waals surface area contributed by atoms with Crippen molar-refractivity contribution in [3.8, 4) is 5.69 Å². The summed E-state index contributed by atoms with van der Waals surface area (Å²) in [5.74, 6) is -1.42. The van der Waals surface area contributed by atoms with E-state index >= 15 is 0 Å². The summed E-state index contributed by atoms with van der Waals surface area (Å²) in [5, 5.41) is 4.29. The Morgan fingerprint density at radius 3 is 2.32 bits per heavy atom. The lowest BCUT2D eigenvalue weighted by Crippen LogP contribution is -2.49. The van der Waals surface area contributed by atoms with E-state index in [-0.39, 0.29) is 31.4 Å². The van der Waals surface area contributed by atoms with Gasteiger partial charge in [-0.05, 0) is 69.4 Å². The van der Waals surface area contributed by atoms with Crippen LogP contribution >= 0.6 is 0 Å². The average Bonchev–Trinajstić information content (AvgIpc) is 2.87. The van der Waals surface area contributed by atoms with Gasteiger partial charge in [-0.3, -0.25) is 19.0 Å². The number of aromatic nitrogens is 3. The molecule has 1 aliphatic rings. The maximum Gasteiger partial charge on any atom is 0.352 e. The molecule has 1 fully saturated rings. The summed E-state index contributed by atoms with van der Waals surface area (Å²) < 4.78 is 7.32. The van der Waals surface area contributed by atoms with Crippen LogP contribution in [-0.4, -0.2) is 50.8 Å². The molecule has 2 aromatic carbocycles. The van der Waals surface area contributed by atoms with Gasteiger partial charge in [-0.2, -0.15) is 9.78 Å². The summed E-state index contributed by atoms with van der Waals surface area (Å²) in [7, 11) is 0. The van der Waals surface area contributed by atoms with Crippen molar-refractivity contribution < 1.29 is 14.3 Å². The van der Waals surface area contributed by atoms with Crippen LogP contribution in [0.4, 0.5) is 0 Å². The van der Waals surface area contributed by atoms with Gasteiger partial charge in [0.1, 0.15) is 0 Å². The lowest BCUT2D eigenvalue weighted by Gasteiger charge is -2.31. The smallest absolute Gasteiger partial charge is 0.352 e. The highest BCUT2D eigenvalue weighted by molar-refractivity contribution is 5.92. The van der Waals surface area contributed by atoms with Crippen LogP contribution in [0.1, 0.15) is 52.5 Å². The highest BCUT2D eigenvalue weighted by atomic mass is 16.5. The highest BCUT2D eigenvalue weighted by Crippen LogP contribution is 2.19. The predicted octanol–water partition coefficient (Wildman–Crippen LogP) is 2.78. The number of aryl methyl sites for hydroxylation is 3. The second-order valence-corrected chi connectivity index (χ2v) is 9.61. The number of piperidine rings is 1. The Labute approximate surface area is 215 Å². The summed E-state index contributed by atoms with van der Waals surface area (Å²) in [5.41, 5.74) is 2.37. The lowest BCUT2D eigenvalue weighted by atomic mass is 9.98. The molecule has 9 nitrogen and oxygen atoms in total. The van der Waals surface area contributed by atoms with E-state index in [2.05, 4.69) is 5.10 Å². The molecule has 0 radical (unpaired) electrons. The van der Waals surface area contributed by atoms with Crippen molar-refractivity contribution in [2.24, 2.45) is 5.92 Å². The number of carbonyl (C=O) groups excluding carboxylic acids is 2. The van der Waals surface area contributed by atoms with Gasteiger partial charge in [-0.15, -0.1) is 0 Å². The second-order valence-electron chi connectivity index (χ2n) is 9.61. The van der Waals surface area contributed by atoms with Crippen LogP contribution in [0.15, 0.2) is 52.1 Å². The van der Waals surface area contributed by atoms with Crippen molar-refractivity contribution in [3.63, 3.8) is 0 Å². The topological polar surface area (TPSA) is 104 Å². The molecule has 2 heterocycles. The fourth-order valence-corrected chi connectivity index (χ4v) is 4.67. The fraction of sp³-hybridized carbons (Fsp3) is 0.393. The summed E-state index contributed by atoms with van der Waals surface area (Å²) in [6.07, 6.45) is 1.21. The molecule has 3 aromatic rings. The summed E-state index contributed by atoms with van der Waals surface area (Å²) in [6, 6.07) is 13.0. The second kappa shape index (κ2) is 10.9. The van der Waals surface area contributed by atoms with Crippen LogP contribution in [0, 0.1) is 26.7 Å². The molecular weight excluding hydrogens is 472 g/mol. The predicted molar refractivity (Wildman–Crippen MR) is 139 cm³/mol. The zero-order valence-corrected chi connectivity index (χ0v) is 21.7. The first-order valence-electron chi connectivity index (χ1n) is 12.5. The first-order valence-corrected chi connectivity index (χ1v) is 12.5. The number of likely N-dealkylation sites (tertiary alicyclic amines) is 1. The van der Waals surface area contributed by atoms with Gasteiger partial charge in [0.25, 0.3) is 11.5 Å². The summed E-state index contributed by atoms with van der Waals surface area (Å²) in [6.45, 7) is 8.27. The zero-order chi connectivity index (χ0) is 26.7. The number of amides is 1. The van der Waals surface area contributed by atoms with Crippen LogP contribution < -0.4 is 11.2 Å². The van der Waals surface area contributed by atoms with Gasteiger partial charge in [0.05, 0.1) is 24.8 Å². The van der Waals surface area contributed by atoms with Gasteiger partial charge < -0.3 is 9.64 Å². The van der Waals surface area contributed by atoms with Crippen molar-refractivity contribution in [2.45, 2.75) is 47.1 Å². The summed E-state index contributed by atoms with van der Waals surface area (Å²) in [4.78, 5) is 54.4. The van der Waals surface area contributed by atoms with Crippen LogP contribution in [-0.2, 0) is 16.1 Å². The number of ether oxygens (including phenoxy) is 1. The van der Waals surface area contributed by atoms with Crippen molar-refractivity contribution in [3.05, 3.63) is 91.3 Å². The van der Waals surface area contributed by atoms with Gasteiger partial charge in [-0.25, -0.2) is 4.79 Å². The molecule has 0 N–H and O–H groups in total. The maximum absolute atomic E-state index is 13.6. The third kappa shape index (κ3) is 5.71. The number of hydrogen-bond acceptors (Lipinski definition) is 6. The van der Waals surface area contributed by atoms with Gasteiger partial charge in [0.2, 0.25) is 5.69 Å². The molecule has 37 heavy (non-hydrogen) atoms.